The molecule has 26 heavy (non-hydrogen) atoms. The summed E-state index contributed by atoms with van der Waals surface area (Å²) in [7, 11) is 3.71. The highest BCUT2D eigenvalue weighted by molar-refractivity contribution is 7.71. The maximum absolute atomic E-state index is 6.02. The van der Waals surface area contributed by atoms with Crippen molar-refractivity contribution < 1.29 is 4.74 Å². The lowest BCUT2D eigenvalue weighted by Gasteiger charge is -2.15. The lowest BCUT2D eigenvalue weighted by molar-refractivity contribution is 0.246. The van der Waals surface area contributed by atoms with Gasteiger partial charge in [-0.2, -0.15) is 5.10 Å². The average molecular weight is 409 g/mol. The molecule has 0 aliphatic heterocycles. The quantitative estimate of drug-likeness (QED) is 0.520. The third-order valence-electron chi connectivity index (χ3n) is 4.02. The lowest BCUT2D eigenvalue weighted by Crippen LogP contribution is -2.22. The molecular formula is C18H21ClN4OS2. The summed E-state index contributed by atoms with van der Waals surface area (Å²) < 4.78 is 10.7. The molecule has 0 saturated carbocycles. The summed E-state index contributed by atoms with van der Waals surface area (Å²) in [6, 6.07) is 11.9. The predicted octanol–water partition coefficient (Wildman–Crippen LogP) is 4.91. The Morgan fingerprint density at radius 1 is 1.23 bits per heavy atom. The molecule has 5 nitrogen and oxygen atoms in total. The van der Waals surface area contributed by atoms with Crippen LogP contribution >= 0.6 is 35.2 Å². The van der Waals surface area contributed by atoms with Crippen molar-refractivity contribution in [2.75, 3.05) is 14.2 Å². The fourth-order valence-electron chi connectivity index (χ4n) is 2.75. The first-order valence-electron chi connectivity index (χ1n) is 8.26. The minimum atomic E-state index is 0.616. The molecule has 0 saturated heterocycles. The second-order valence-electron chi connectivity index (χ2n) is 5.94. The van der Waals surface area contributed by atoms with Crippen LogP contribution in [0, 0.1) is 4.77 Å². The van der Waals surface area contributed by atoms with Crippen LogP contribution in [-0.2, 0) is 19.8 Å². The van der Waals surface area contributed by atoms with E-state index >= 15 is 0 Å². The van der Waals surface area contributed by atoms with E-state index in [1.54, 1.807) is 18.4 Å². The van der Waals surface area contributed by atoms with E-state index in [4.69, 9.17) is 33.7 Å². The van der Waals surface area contributed by atoms with Gasteiger partial charge < -0.3 is 9.30 Å². The zero-order valence-corrected chi connectivity index (χ0v) is 17.4. The molecule has 0 spiro atoms. The second kappa shape index (κ2) is 8.35. The Bertz CT molecular complexity index is 930. The summed E-state index contributed by atoms with van der Waals surface area (Å²) in [6.07, 6.45) is 0. The van der Waals surface area contributed by atoms with Gasteiger partial charge in [-0.25, -0.2) is 4.68 Å². The molecule has 0 amide bonds. The largest absolute Gasteiger partial charge is 0.497 e. The van der Waals surface area contributed by atoms with Crippen molar-refractivity contribution in [3.05, 3.63) is 50.4 Å². The number of hydrogen-bond acceptors (Lipinski definition) is 5. The Kier molecular flexibility index (Phi) is 6.13. The van der Waals surface area contributed by atoms with Crippen molar-refractivity contribution in [3.63, 3.8) is 0 Å². The zero-order chi connectivity index (χ0) is 18.7. The summed E-state index contributed by atoms with van der Waals surface area (Å²) in [5.74, 6) is 1.69. The number of aromatic nitrogens is 3. The second-order valence-corrected chi connectivity index (χ2v) is 8.10. The summed E-state index contributed by atoms with van der Waals surface area (Å²) >= 11 is 13.3. The number of hydrogen-bond donors (Lipinski definition) is 0. The van der Waals surface area contributed by atoms with Gasteiger partial charge in [0.2, 0.25) is 0 Å². The van der Waals surface area contributed by atoms with E-state index < -0.39 is 0 Å². The van der Waals surface area contributed by atoms with E-state index in [2.05, 4.69) is 17.9 Å². The van der Waals surface area contributed by atoms with Crippen molar-refractivity contribution in [2.24, 2.45) is 0 Å². The average Bonchev–Trinajstić information content (AvgIpc) is 3.18. The van der Waals surface area contributed by atoms with Gasteiger partial charge in [0.15, 0.2) is 10.6 Å². The number of halogens is 1. The fraction of sp³-hybridized carbons (Fsp3) is 0.333. The minimum absolute atomic E-state index is 0.616. The highest BCUT2D eigenvalue weighted by Crippen LogP contribution is 2.24. The number of ether oxygens (including phenoxy) is 1. The molecular weight excluding hydrogens is 388 g/mol. The van der Waals surface area contributed by atoms with Gasteiger partial charge in [0.25, 0.3) is 0 Å². The maximum atomic E-state index is 6.02. The number of methoxy groups -OCH3 is 1. The molecule has 0 aliphatic rings. The molecule has 138 valence electrons. The van der Waals surface area contributed by atoms with Crippen molar-refractivity contribution in [3.8, 4) is 17.1 Å². The van der Waals surface area contributed by atoms with E-state index in [1.807, 2.05) is 46.6 Å². The molecule has 1 aromatic carbocycles. The normalized spacial score (nSPS) is 11.3. The third-order valence-corrected chi connectivity index (χ3v) is 5.66. The molecule has 2 heterocycles. The van der Waals surface area contributed by atoms with E-state index in [9.17, 15) is 0 Å². The van der Waals surface area contributed by atoms with Crippen LogP contribution in [0.5, 0.6) is 5.75 Å². The zero-order valence-electron chi connectivity index (χ0n) is 15.0. The first-order chi connectivity index (χ1) is 12.5. The molecule has 0 fully saturated rings. The predicted molar refractivity (Wildman–Crippen MR) is 110 cm³/mol. The standard InChI is InChI=1S/C18H21ClN4OS2/c1-4-22-17(13-5-7-14(24-3)8-6-13)20-23(18(22)25)12-21(2)11-15-9-10-16(19)26-15/h5-10H,4,11-12H2,1-3H3. The summed E-state index contributed by atoms with van der Waals surface area (Å²) in [6.45, 7) is 4.26. The molecule has 0 radical (unpaired) electrons. The monoisotopic (exact) mass is 408 g/mol. The van der Waals surface area contributed by atoms with Crippen LogP contribution in [0.4, 0.5) is 0 Å². The topological polar surface area (TPSA) is 35.2 Å². The molecule has 0 unspecified atom stereocenters. The van der Waals surface area contributed by atoms with Crippen LogP contribution in [0.2, 0.25) is 4.34 Å². The highest BCUT2D eigenvalue weighted by Gasteiger charge is 2.13. The van der Waals surface area contributed by atoms with Crippen LogP contribution in [0.25, 0.3) is 11.4 Å². The molecule has 0 bridgehead atoms. The lowest BCUT2D eigenvalue weighted by atomic mass is 10.2. The smallest absolute Gasteiger partial charge is 0.199 e. The Morgan fingerprint density at radius 2 is 1.96 bits per heavy atom. The van der Waals surface area contributed by atoms with Crippen LogP contribution < -0.4 is 4.74 Å². The van der Waals surface area contributed by atoms with Gasteiger partial charge in [-0.3, -0.25) is 4.90 Å². The van der Waals surface area contributed by atoms with E-state index in [0.29, 0.717) is 6.67 Å². The molecule has 0 aliphatic carbocycles. The molecule has 0 N–H and O–H groups in total. The van der Waals surface area contributed by atoms with Crippen molar-refractivity contribution >= 4 is 35.2 Å². The third kappa shape index (κ3) is 4.17. The summed E-state index contributed by atoms with van der Waals surface area (Å²) in [5.41, 5.74) is 1.02. The first kappa shape index (κ1) is 19.1. The minimum Gasteiger partial charge on any atom is -0.497 e. The van der Waals surface area contributed by atoms with Gasteiger partial charge >= 0.3 is 0 Å². The molecule has 8 heteroatoms. The van der Waals surface area contributed by atoms with Gasteiger partial charge in [0.05, 0.1) is 18.1 Å². The Labute approximate surface area is 167 Å². The first-order valence-corrected chi connectivity index (χ1v) is 9.87. The van der Waals surface area contributed by atoms with Crippen LogP contribution in [0.3, 0.4) is 0 Å². The van der Waals surface area contributed by atoms with Crippen LogP contribution in [-0.4, -0.2) is 33.4 Å². The van der Waals surface area contributed by atoms with E-state index in [0.717, 1.165) is 39.3 Å². The molecule has 3 rings (SSSR count). The highest BCUT2D eigenvalue weighted by atomic mass is 35.5. The number of nitrogens with zero attached hydrogens (tertiary/aromatic N) is 4. The van der Waals surface area contributed by atoms with E-state index in [-0.39, 0.29) is 0 Å². The summed E-state index contributed by atoms with van der Waals surface area (Å²) in [5, 5.41) is 4.76. The Hall–Kier alpha value is -1.67. The Balaban J connectivity index is 1.83. The fourth-order valence-corrected chi connectivity index (χ4v) is 4.24. The van der Waals surface area contributed by atoms with Crippen molar-refractivity contribution in [1.82, 2.24) is 19.2 Å². The molecule has 3 aromatic rings. The van der Waals surface area contributed by atoms with Crippen molar-refractivity contribution in [1.29, 1.82) is 0 Å². The number of benzene rings is 1. The van der Waals surface area contributed by atoms with Gasteiger partial charge in [0, 0.05) is 23.5 Å². The van der Waals surface area contributed by atoms with Gasteiger partial charge in [-0.15, -0.1) is 11.3 Å². The van der Waals surface area contributed by atoms with E-state index in [1.165, 1.54) is 4.88 Å². The molecule has 0 atom stereocenters. The summed E-state index contributed by atoms with van der Waals surface area (Å²) in [4.78, 5) is 3.39. The van der Waals surface area contributed by atoms with Gasteiger partial charge in [-0.1, -0.05) is 11.6 Å². The SMILES string of the molecule is CCn1c(-c2ccc(OC)cc2)nn(CN(C)Cc2ccc(Cl)s2)c1=S. The maximum Gasteiger partial charge on any atom is 0.199 e. The van der Waals surface area contributed by atoms with Gasteiger partial charge in [-0.05, 0) is 62.6 Å². The van der Waals surface area contributed by atoms with Crippen LogP contribution in [0.1, 0.15) is 11.8 Å². The molecule has 2 aromatic heterocycles. The van der Waals surface area contributed by atoms with Gasteiger partial charge in [0.1, 0.15) is 5.75 Å². The van der Waals surface area contributed by atoms with Crippen LogP contribution in [0.15, 0.2) is 36.4 Å². The number of thiophene rings is 1. The Morgan fingerprint density at radius 3 is 2.54 bits per heavy atom. The van der Waals surface area contributed by atoms with Crippen molar-refractivity contribution in [2.45, 2.75) is 26.7 Å². The number of rotatable bonds is 7.